The van der Waals surface area contributed by atoms with Crippen LogP contribution in [0.2, 0.25) is 0 Å². The normalized spacial score (nSPS) is 9.92. The Hall–Kier alpha value is -1.03. The van der Waals surface area contributed by atoms with Crippen molar-refractivity contribution in [1.82, 2.24) is 0 Å². The molecule has 12 heavy (non-hydrogen) atoms. The van der Waals surface area contributed by atoms with Gasteiger partial charge in [-0.15, -0.1) is 0 Å². The Labute approximate surface area is 70.1 Å². The van der Waals surface area contributed by atoms with Crippen LogP contribution in [0, 0.1) is 5.53 Å². The number of rotatable bonds is 3. The Bertz CT molecular complexity index is 262. The molecular formula is C6H7N2O3P. The molecule has 0 aromatic heterocycles. The second kappa shape index (κ2) is 4.11. The Morgan fingerprint density at radius 1 is 1.25 bits per heavy atom. The third-order valence-electron chi connectivity index (χ3n) is 1.15. The van der Waals surface area contributed by atoms with Gasteiger partial charge in [0.05, 0.1) is 5.69 Å². The fourth-order valence-electron chi connectivity index (χ4n) is 0.676. The molecule has 1 rings (SSSR count). The summed E-state index contributed by atoms with van der Waals surface area (Å²) in [6, 6.07) is 6.10. The molecule has 1 aromatic rings. The minimum Gasteiger partial charge on any atom is -0.427 e. The van der Waals surface area contributed by atoms with Crippen molar-refractivity contribution >= 4 is 14.3 Å². The monoisotopic (exact) mass is 186 g/mol. The Kier molecular flexibility index (Phi) is 3.10. The molecule has 1 aromatic carbocycles. The van der Waals surface area contributed by atoms with Crippen LogP contribution in [0.25, 0.3) is 0 Å². The molecule has 64 valence electrons. The van der Waals surface area contributed by atoms with E-state index in [4.69, 9.17) is 15.3 Å². The number of nitrogens with one attached hydrogen (secondary N) is 1. The quantitative estimate of drug-likeness (QED) is 0.498. The fourth-order valence-corrected chi connectivity index (χ4v) is 0.986. The van der Waals surface area contributed by atoms with Crippen LogP contribution >= 0.6 is 8.60 Å². The van der Waals surface area contributed by atoms with Crippen LogP contribution < -0.4 is 4.52 Å². The predicted octanol–water partition coefficient (Wildman–Crippen LogP) is 1.94. The van der Waals surface area contributed by atoms with Gasteiger partial charge >= 0.3 is 8.60 Å². The second-order valence-corrected chi connectivity index (χ2v) is 2.64. The molecule has 0 bridgehead atoms. The van der Waals surface area contributed by atoms with Crippen LogP contribution in [0.3, 0.4) is 0 Å². The summed E-state index contributed by atoms with van der Waals surface area (Å²) >= 11 is 0. The predicted molar refractivity (Wildman–Crippen MR) is 43.2 cm³/mol. The lowest BCUT2D eigenvalue weighted by atomic mass is 10.3. The minimum absolute atomic E-state index is 0.346. The Balaban J connectivity index is 2.71. The van der Waals surface area contributed by atoms with E-state index in [-0.39, 0.29) is 0 Å². The molecule has 0 heterocycles. The molecule has 6 heteroatoms. The molecular weight excluding hydrogens is 179 g/mol. The first-order chi connectivity index (χ1) is 5.72. The van der Waals surface area contributed by atoms with E-state index >= 15 is 0 Å². The summed E-state index contributed by atoms with van der Waals surface area (Å²) < 4.78 is 4.59. The molecule has 0 saturated heterocycles. The molecule has 0 radical (unpaired) electrons. The van der Waals surface area contributed by atoms with Crippen LogP contribution in [-0.2, 0) is 0 Å². The van der Waals surface area contributed by atoms with Crippen LogP contribution in [0.1, 0.15) is 0 Å². The summed E-state index contributed by atoms with van der Waals surface area (Å²) in [6.07, 6.45) is 0. The maximum absolute atomic E-state index is 8.47. The first-order valence-electron chi connectivity index (χ1n) is 3.06. The van der Waals surface area contributed by atoms with Crippen molar-refractivity contribution in [2.24, 2.45) is 5.11 Å². The fraction of sp³-hybridized carbons (Fsp3) is 0. The van der Waals surface area contributed by atoms with Gasteiger partial charge in [-0.1, -0.05) is 0 Å². The lowest BCUT2D eigenvalue weighted by Gasteiger charge is -2.03. The number of nitrogens with zero attached hydrogens (tertiary/aromatic N) is 1. The average molecular weight is 186 g/mol. The minimum atomic E-state index is -2.37. The van der Waals surface area contributed by atoms with Gasteiger partial charge < -0.3 is 14.3 Å². The maximum atomic E-state index is 8.47. The molecule has 0 atom stereocenters. The van der Waals surface area contributed by atoms with Crippen LogP contribution in [0.5, 0.6) is 5.75 Å². The summed E-state index contributed by atoms with van der Waals surface area (Å²) in [6.45, 7) is 0. The van der Waals surface area contributed by atoms with Gasteiger partial charge in [0.25, 0.3) is 0 Å². The van der Waals surface area contributed by atoms with Crippen molar-refractivity contribution in [3.63, 3.8) is 0 Å². The standard InChI is InChI=1S/C6H7N2O3P/c7-8-5-1-3-6(4-2-5)11-12(9)10/h1-4,7,9-10H. The summed E-state index contributed by atoms with van der Waals surface area (Å²) in [7, 11) is -2.37. The zero-order valence-electron chi connectivity index (χ0n) is 6.01. The van der Waals surface area contributed by atoms with Gasteiger partial charge in [-0.25, -0.2) is 5.53 Å². The van der Waals surface area contributed by atoms with E-state index in [1.165, 1.54) is 12.1 Å². The molecule has 0 spiro atoms. The number of hydrogen-bond acceptors (Lipinski definition) is 5. The van der Waals surface area contributed by atoms with E-state index in [0.29, 0.717) is 11.4 Å². The van der Waals surface area contributed by atoms with Crippen molar-refractivity contribution in [1.29, 1.82) is 5.53 Å². The summed E-state index contributed by atoms with van der Waals surface area (Å²) in [4.78, 5) is 16.9. The number of hydrogen-bond donors (Lipinski definition) is 3. The largest absolute Gasteiger partial charge is 0.427 e. The SMILES string of the molecule is N=Nc1ccc(OP(O)O)cc1. The van der Waals surface area contributed by atoms with Crippen LogP contribution in [-0.4, -0.2) is 9.79 Å². The Morgan fingerprint density at radius 2 is 1.83 bits per heavy atom. The molecule has 0 aliphatic carbocycles. The van der Waals surface area contributed by atoms with Gasteiger partial charge in [0.15, 0.2) is 0 Å². The highest BCUT2D eigenvalue weighted by Gasteiger charge is 2.01. The number of benzene rings is 1. The zero-order chi connectivity index (χ0) is 8.97. The van der Waals surface area contributed by atoms with Gasteiger partial charge in [-0.3, -0.25) is 0 Å². The second-order valence-electron chi connectivity index (χ2n) is 1.95. The van der Waals surface area contributed by atoms with E-state index in [2.05, 4.69) is 9.64 Å². The van der Waals surface area contributed by atoms with E-state index in [9.17, 15) is 0 Å². The molecule has 0 fully saturated rings. The van der Waals surface area contributed by atoms with Gasteiger partial charge in [-0.05, 0) is 24.3 Å². The lowest BCUT2D eigenvalue weighted by molar-refractivity contribution is 0.375. The molecule has 0 amide bonds. The molecule has 5 nitrogen and oxygen atoms in total. The summed E-state index contributed by atoms with van der Waals surface area (Å²) in [5.41, 5.74) is 7.13. The highest BCUT2D eigenvalue weighted by molar-refractivity contribution is 7.39. The van der Waals surface area contributed by atoms with E-state index in [0.717, 1.165) is 0 Å². The zero-order valence-corrected chi connectivity index (χ0v) is 6.90. The van der Waals surface area contributed by atoms with Crippen molar-refractivity contribution in [2.45, 2.75) is 0 Å². The van der Waals surface area contributed by atoms with Crippen molar-refractivity contribution in [3.8, 4) is 5.75 Å². The van der Waals surface area contributed by atoms with Gasteiger partial charge in [0.1, 0.15) is 5.75 Å². The molecule has 0 aliphatic rings. The van der Waals surface area contributed by atoms with Crippen LogP contribution in [0.4, 0.5) is 5.69 Å². The maximum Gasteiger partial charge on any atom is 0.391 e. The molecule has 0 unspecified atom stereocenters. The first kappa shape index (κ1) is 9.06. The van der Waals surface area contributed by atoms with Crippen LogP contribution in [0.15, 0.2) is 29.4 Å². The van der Waals surface area contributed by atoms with Gasteiger partial charge in [0.2, 0.25) is 0 Å². The van der Waals surface area contributed by atoms with E-state index < -0.39 is 8.60 Å². The highest BCUT2D eigenvalue weighted by atomic mass is 31.2. The third kappa shape index (κ3) is 2.54. The summed E-state index contributed by atoms with van der Waals surface area (Å²) in [5, 5.41) is 3.17. The highest BCUT2D eigenvalue weighted by Crippen LogP contribution is 2.29. The van der Waals surface area contributed by atoms with Gasteiger partial charge in [0, 0.05) is 0 Å². The Morgan fingerprint density at radius 3 is 2.25 bits per heavy atom. The van der Waals surface area contributed by atoms with E-state index in [1.54, 1.807) is 12.1 Å². The van der Waals surface area contributed by atoms with E-state index in [1.807, 2.05) is 0 Å². The van der Waals surface area contributed by atoms with Crippen molar-refractivity contribution in [3.05, 3.63) is 24.3 Å². The smallest absolute Gasteiger partial charge is 0.391 e. The van der Waals surface area contributed by atoms with Crippen molar-refractivity contribution in [2.75, 3.05) is 0 Å². The average Bonchev–Trinajstić information content (AvgIpc) is 2.05. The summed E-state index contributed by atoms with van der Waals surface area (Å²) in [5.74, 6) is 0.346. The lowest BCUT2D eigenvalue weighted by Crippen LogP contribution is -1.83. The van der Waals surface area contributed by atoms with Gasteiger partial charge in [-0.2, -0.15) is 5.11 Å². The van der Waals surface area contributed by atoms with Crippen molar-refractivity contribution < 1.29 is 14.3 Å². The molecule has 0 aliphatic heterocycles. The topological polar surface area (TPSA) is 85.9 Å². The third-order valence-corrected chi connectivity index (χ3v) is 1.53. The molecule has 3 N–H and O–H groups in total. The first-order valence-corrected chi connectivity index (χ1v) is 4.22. The molecule has 0 saturated carbocycles.